The highest BCUT2D eigenvalue weighted by molar-refractivity contribution is 6.32. The molecule has 0 aliphatic rings. The van der Waals surface area contributed by atoms with Gasteiger partial charge in [0.15, 0.2) is 0 Å². The minimum atomic E-state index is 0.102. The van der Waals surface area contributed by atoms with Crippen molar-refractivity contribution in [3.63, 3.8) is 0 Å². The summed E-state index contributed by atoms with van der Waals surface area (Å²) in [5, 5.41) is 9.37. The van der Waals surface area contributed by atoms with Crippen LogP contribution in [0.3, 0.4) is 0 Å². The molecule has 17 heavy (non-hydrogen) atoms. The predicted octanol–water partition coefficient (Wildman–Crippen LogP) is 2.27. The Morgan fingerprint density at radius 1 is 1.47 bits per heavy atom. The summed E-state index contributed by atoms with van der Waals surface area (Å²) in [7, 11) is 1.58. The van der Waals surface area contributed by atoms with E-state index in [9.17, 15) is 0 Å². The number of aliphatic hydroxyl groups excluding tert-OH is 1. The quantitative estimate of drug-likeness (QED) is 0.878. The fourth-order valence-electron chi connectivity index (χ4n) is 1.57. The molecule has 4 nitrogen and oxygen atoms in total. The first-order chi connectivity index (χ1) is 8.24. The van der Waals surface area contributed by atoms with Crippen LogP contribution in [0.5, 0.6) is 5.75 Å². The number of ether oxygens (including phenoxy) is 1. The van der Waals surface area contributed by atoms with E-state index < -0.39 is 0 Å². The molecule has 1 heterocycles. The highest BCUT2D eigenvalue weighted by atomic mass is 35.5. The summed E-state index contributed by atoms with van der Waals surface area (Å²) >= 11 is 6.04. The summed E-state index contributed by atoms with van der Waals surface area (Å²) < 4.78 is 5.08. The third kappa shape index (κ3) is 2.60. The molecule has 0 spiro atoms. The van der Waals surface area contributed by atoms with Gasteiger partial charge >= 0.3 is 0 Å². The highest BCUT2D eigenvalue weighted by Gasteiger charge is 2.06. The van der Waals surface area contributed by atoms with Crippen molar-refractivity contribution >= 4 is 11.6 Å². The maximum absolute atomic E-state index is 8.83. The van der Waals surface area contributed by atoms with Crippen molar-refractivity contribution in [2.24, 2.45) is 0 Å². The van der Waals surface area contributed by atoms with E-state index in [-0.39, 0.29) is 6.61 Å². The normalized spacial score (nSPS) is 10.5. The molecule has 2 aromatic rings. The highest BCUT2D eigenvalue weighted by Crippen LogP contribution is 2.28. The van der Waals surface area contributed by atoms with Gasteiger partial charge in [0.25, 0.3) is 0 Å². The molecule has 0 amide bonds. The van der Waals surface area contributed by atoms with Gasteiger partial charge in [-0.1, -0.05) is 11.6 Å². The smallest absolute Gasteiger partial charge is 0.137 e. The minimum Gasteiger partial charge on any atom is -0.495 e. The third-order valence-corrected chi connectivity index (χ3v) is 2.73. The first-order valence-electron chi connectivity index (χ1n) is 5.23. The molecule has 2 N–H and O–H groups in total. The van der Waals surface area contributed by atoms with Gasteiger partial charge in [0, 0.05) is 30.5 Å². The fraction of sp³-hybridized carbons (Fsp3) is 0.250. The second-order valence-electron chi connectivity index (χ2n) is 3.58. The summed E-state index contributed by atoms with van der Waals surface area (Å²) in [6.45, 7) is 0.102. The fourth-order valence-corrected chi connectivity index (χ4v) is 1.82. The Morgan fingerprint density at radius 3 is 2.94 bits per heavy atom. The number of benzene rings is 1. The number of nitrogens with one attached hydrogen (secondary N) is 1. The van der Waals surface area contributed by atoms with Crippen molar-refractivity contribution in [3.05, 3.63) is 35.1 Å². The van der Waals surface area contributed by atoms with Gasteiger partial charge in [-0.2, -0.15) is 0 Å². The van der Waals surface area contributed by atoms with E-state index in [1.807, 2.05) is 6.07 Å². The molecule has 0 unspecified atom stereocenters. The number of methoxy groups -OCH3 is 1. The molecule has 0 saturated carbocycles. The van der Waals surface area contributed by atoms with Crippen molar-refractivity contribution in [1.29, 1.82) is 0 Å². The van der Waals surface area contributed by atoms with Crippen LogP contribution in [0.2, 0.25) is 5.02 Å². The molecule has 0 saturated heterocycles. The Kier molecular flexibility index (Phi) is 3.66. The lowest BCUT2D eigenvalue weighted by Gasteiger charge is -2.04. The van der Waals surface area contributed by atoms with Crippen molar-refractivity contribution in [2.45, 2.75) is 6.42 Å². The molecular weight excluding hydrogens is 240 g/mol. The maximum Gasteiger partial charge on any atom is 0.137 e. The van der Waals surface area contributed by atoms with Crippen molar-refractivity contribution in [1.82, 2.24) is 9.97 Å². The zero-order valence-electron chi connectivity index (χ0n) is 9.40. The molecule has 0 atom stereocenters. The molecule has 0 aliphatic heterocycles. The van der Waals surface area contributed by atoms with E-state index in [1.54, 1.807) is 25.4 Å². The second kappa shape index (κ2) is 5.21. The zero-order chi connectivity index (χ0) is 12.3. The van der Waals surface area contributed by atoms with E-state index >= 15 is 0 Å². The number of aromatic nitrogens is 2. The summed E-state index contributed by atoms with van der Waals surface area (Å²) in [6, 6.07) is 5.47. The number of hydrogen-bond acceptors (Lipinski definition) is 3. The first kappa shape index (κ1) is 12.0. The second-order valence-corrected chi connectivity index (χ2v) is 3.99. The van der Waals surface area contributed by atoms with Crippen molar-refractivity contribution in [3.8, 4) is 17.1 Å². The summed E-state index contributed by atoms with van der Waals surface area (Å²) in [5.41, 5.74) is 1.79. The van der Waals surface area contributed by atoms with E-state index in [4.69, 9.17) is 21.4 Å². The van der Waals surface area contributed by atoms with E-state index in [2.05, 4.69) is 9.97 Å². The number of nitrogens with zero attached hydrogens (tertiary/aromatic N) is 1. The average molecular weight is 253 g/mol. The lowest BCUT2D eigenvalue weighted by atomic mass is 10.2. The van der Waals surface area contributed by atoms with Crippen LogP contribution in [-0.4, -0.2) is 28.8 Å². The number of rotatable bonds is 4. The maximum atomic E-state index is 8.83. The molecule has 0 fully saturated rings. The minimum absolute atomic E-state index is 0.102. The lowest BCUT2D eigenvalue weighted by molar-refractivity contribution is 0.298. The molecule has 5 heteroatoms. The van der Waals surface area contributed by atoms with Crippen molar-refractivity contribution in [2.75, 3.05) is 13.7 Å². The van der Waals surface area contributed by atoms with Gasteiger partial charge in [-0.15, -0.1) is 0 Å². The van der Waals surface area contributed by atoms with Crippen molar-refractivity contribution < 1.29 is 9.84 Å². The van der Waals surface area contributed by atoms with Gasteiger partial charge in [-0.25, -0.2) is 4.98 Å². The Bertz CT molecular complexity index is 511. The number of halogens is 1. The Morgan fingerprint density at radius 2 is 2.29 bits per heavy atom. The van der Waals surface area contributed by atoms with Gasteiger partial charge < -0.3 is 14.8 Å². The van der Waals surface area contributed by atoms with E-state index in [1.165, 1.54) is 0 Å². The van der Waals surface area contributed by atoms with Crippen LogP contribution in [-0.2, 0) is 6.42 Å². The zero-order valence-corrected chi connectivity index (χ0v) is 10.2. The van der Waals surface area contributed by atoms with E-state index in [0.717, 1.165) is 17.1 Å². The third-order valence-electron chi connectivity index (χ3n) is 2.43. The summed E-state index contributed by atoms with van der Waals surface area (Å²) in [4.78, 5) is 7.36. The van der Waals surface area contributed by atoms with Crippen LogP contribution < -0.4 is 4.74 Å². The number of aliphatic hydroxyl groups is 1. The van der Waals surface area contributed by atoms with Crippen LogP contribution >= 0.6 is 11.6 Å². The predicted molar refractivity (Wildman–Crippen MR) is 66.4 cm³/mol. The van der Waals surface area contributed by atoms with Gasteiger partial charge in [-0.05, 0) is 18.2 Å². The molecular formula is C12H13ClN2O2. The van der Waals surface area contributed by atoms with Crippen LogP contribution in [0.1, 0.15) is 5.69 Å². The summed E-state index contributed by atoms with van der Waals surface area (Å²) in [5.74, 6) is 1.37. The number of imidazole rings is 1. The Labute approximate surface area is 104 Å². The molecule has 0 radical (unpaired) electrons. The lowest BCUT2D eigenvalue weighted by Crippen LogP contribution is -1.90. The molecule has 0 aliphatic carbocycles. The molecule has 1 aromatic heterocycles. The number of hydrogen-bond donors (Lipinski definition) is 2. The largest absolute Gasteiger partial charge is 0.495 e. The van der Waals surface area contributed by atoms with Crippen LogP contribution in [0.4, 0.5) is 0 Å². The molecule has 0 bridgehead atoms. The molecule has 90 valence electrons. The van der Waals surface area contributed by atoms with Crippen LogP contribution in [0, 0.1) is 0 Å². The van der Waals surface area contributed by atoms with Crippen LogP contribution in [0.25, 0.3) is 11.4 Å². The van der Waals surface area contributed by atoms with E-state index in [0.29, 0.717) is 17.2 Å². The summed E-state index contributed by atoms with van der Waals surface area (Å²) in [6.07, 6.45) is 2.28. The monoisotopic (exact) mass is 252 g/mol. The average Bonchev–Trinajstić information content (AvgIpc) is 2.78. The first-order valence-corrected chi connectivity index (χ1v) is 5.61. The Balaban J connectivity index is 2.29. The molecule has 1 aromatic carbocycles. The van der Waals surface area contributed by atoms with Gasteiger partial charge in [0.2, 0.25) is 0 Å². The number of aromatic amines is 1. The van der Waals surface area contributed by atoms with Gasteiger partial charge in [0.1, 0.15) is 11.6 Å². The Hall–Kier alpha value is -1.52. The standard InChI is InChI=1S/C12H13ClN2O2/c1-17-11-3-2-8(6-10(11)13)12-14-7-9(15-12)4-5-16/h2-3,6-7,16H,4-5H2,1H3,(H,14,15). The van der Waals surface area contributed by atoms with Gasteiger partial charge in [-0.3, -0.25) is 0 Å². The SMILES string of the molecule is COc1ccc(-c2ncc(CCO)[nH]2)cc1Cl. The number of H-pyrrole nitrogens is 1. The topological polar surface area (TPSA) is 58.1 Å². The van der Waals surface area contributed by atoms with Gasteiger partial charge in [0.05, 0.1) is 12.1 Å². The molecule has 2 rings (SSSR count). The van der Waals surface area contributed by atoms with Crippen LogP contribution in [0.15, 0.2) is 24.4 Å².